The SMILES string of the molecule is COC1=CC(=O)[C@@H](OC)[C@H](C2(C)O[C@@H]2CC=C(C)C)[C@@]12CO2. The van der Waals surface area contributed by atoms with Crippen LogP contribution in [0.4, 0.5) is 0 Å². The molecule has 1 spiro atoms. The Morgan fingerprint density at radius 2 is 2.14 bits per heavy atom. The van der Waals surface area contributed by atoms with Gasteiger partial charge in [0.2, 0.25) is 0 Å². The minimum Gasteiger partial charge on any atom is -0.498 e. The summed E-state index contributed by atoms with van der Waals surface area (Å²) in [5.41, 5.74) is 0.255. The van der Waals surface area contributed by atoms with Crippen LogP contribution in [0.25, 0.3) is 0 Å². The molecule has 122 valence electrons. The van der Waals surface area contributed by atoms with E-state index in [1.807, 2.05) is 6.92 Å². The molecule has 2 fully saturated rings. The average molecular weight is 308 g/mol. The van der Waals surface area contributed by atoms with E-state index < -0.39 is 17.3 Å². The van der Waals surface area contributed by atoms with Gasteiger partial charge in [-0.3, -0.25) is 4.79 Å². The second kappa shape index (κ2) is 5.18. The van der Waals surface area contributed by atoms with E-state index in [2.05, 4.69) is 19.9 Å². The first kappa shape index (κ1) is 15.7. The van der Waals surface area contributed by atoms with Gasteiger partial charge in [0, 0.05) is 13.2 Å². The molecule has 5 atom stereocenters. The van der Waals surface area contributed by atoms with Gasteiger partial charge in [0.15, 0.2) is 11.4 Å². The summed E-state index contributed by atoms with van der Waals surface area (Å²) >= 11 is 0. The molecule has 0 aromatic rings. The Balaban J connectivity index is 1.90. The van der Waals surface area contributed by atoms with Crippen molar-refractivity contribution in [2.75, 3.05) is 20.8 Å². The number of ether oxygens (including phenoxy) is 4. The third-order valence-corrected chi connectivity index (χ3v) is 5.04. The van der Waals surface area contributed by atoms with E-state index >= 15 is 0 Å². The number of ketones is 1. The van der Waals surface area contributed by atoms with Crippen molar-refractivity contribution < 1.29 is 23.7 Å². The normalized spacial score (nSPS) is 42.9. The Bertz CT molecular complexity index is 541. The first-order valence-electron chi connectivity index (χ1n) is 7.67. The summed E-state index contributed by atoms with van der Waals surface area (Å²) in [6.45, 7) is 6.72. The van der Waals surface area contributed by atoms with Gasteiger partial charge in [-0.15, -0.1) is 0 Å². The number of rotatable bonds is 5. The van der Waals surface area contributed by atoms with Crippen LogP contribution in [-0.2, 0) is 23.7 Å². The molecule has 5 heteroatoms. The molecule has 2 heterocycles. The van der Waals surface area contributed by atoms with Gasteiger partial charge in [0.05, 0.1) is 25.7 Å². The molecule has 2 aliphatic heterocycles. The Kier molecular flexibility index (Phi) is 3.70. The van der Waals surface area contributed by atoms with Crippen molar-refractivity contribution in [3.63, 3.8) is 0 Å². The molecule has 0 amide bonds. The smallest absolute Gasteiger partial charge is 0.188 e. The summed E-state index contributed by atoms with van der Waals surface area (Å²) in [7, 11) is 3.14. The molecular weight excluding hydrogens is 284 g/mol. The van der Waals surface area contributed by atoms with Crippen LogP contribution in [0.15, 0.2) is 23.5 Å². The standard InChI is InChI=1S/C17H24O5/c1-10(2)6-7-12-16(3,22-12)15-14(20-5)11(18)8-13(19-4)17(15)9-21-17/h6,8,12,14-15H,7,9H2,1-5H3/t12-,14-,15-,16?,17-/m1/s1. The maximum Gasteiger partial charge on any atom is 0.188 e. The largest absolute Gasteiger partial charge is 0.498 e. The van der Waals surface area contributed by atoms with Crippen molar-refractivity contribution in [2.45, 2.75) is 50.6 Å². The molecule has 22 heavy (non-hydrogen) atoms. The maximum absolute atomic E-state index is 12.4. The summed E-state index contributed by atoms with van der Waals surface area (Å²) in [4.78, 5) is 12.4. The number of hydrogen-bond acceptors (Lipinski definition) is 5. The van der Waals surface area contributed by atoms with E-state index in [1.54, 1.807) is 14.2 Å². The van der Waals surface area contributed by atoms with E-state index in [-0.39, 0.29) is 17.8 Å². The van der Waals surface area contributed by atoms with Crippen LogP contribution in [0.1, 0.15) is 27.2 Å². The summed E-state index contributed by atoms with van der Waals surface area (Å²) < 4.78 is 22.7. The second-order valence-electron chi connectivity index (χ2n) is 6.73. The quantitative estimate of drug-likeness (QED) is 0.574. The number of carbonyl (C=O) groups excluding carboxylic acids is 1. The fourth-order valence-corrected chi connectivity index (χ4v) is 3.71. The van der Waals surface area contributed by atoms with Crippen LogP contribution in [0, 0.1) is 5.92 Å². The van der Waals surface area contributed by atoms with Crippen molar-refractivity contribution in [3.05, 3.63) is 23.5 Å². The molecule has 0 saturated carbocycles. The second-order valence-corrected chi connectivity index (χ2v) is 6.73. The van der Waals surface area contributed by atoms with Crippen LogP contribution in [-0.4, -0.2) is 50.0 Å². The first-order chi connectivity index (χ1) is 10.4. The molecule has 0 aromatic heterocycles. The lowest BCUT2D eigenvalue weighted by Crippen LogP contribution is -2.53. The summed E-state index contributed by atoms with van der Waals surface area (Å²) in [6.07, 6.45) is 4.03. The molecule has 0 bridgehead atoms. The minimum atomic E-state index is -0.572. The molecule has 3 rings (SSSR count). The third kappa shape index (κ3) is 2.23. The Labute approximate surface area is 131 Å². The van der Waals surface area contributed by atoms with Gasteiger partial charge < -0.3 is 18.9 Å². The van der Waals surface area contributed by atoms with Gasteiger partial charge in [0.25, 0.3) is 0 Å². The predicted molar refractivity (Wildman–Crippen MR) is 80.4 cm³/mol. The number of hydrogen-bond donors (Lipinski definition) is 0. The van der Waals surface area contributed by atoms with Gasteiger partial charge in [-0.2, -0.15) is 0 Å². The number of carbonyl (C=O) groups is 1. The zero-order valence-electron chi connectivity index (χ0n) is 13.8. The average Bonchev–Trinajstić information content (AvgIpc) is 3.37. The number of epoxide rings is 2. The van der Waals surface area contributed by atoms with E-state index in [9.17, 15) is 4.79 Å². The zero-order valence-corrected chi connectivity index (χ0v) is 13.8. The van der Waals surface area contributed by atoms with Crippen LogP contribution in [0.3, 0.4) is 0 Å². The molecular formula is C17H24O5. The summed E-state index contributed by atoms with van der Waals surface area (Å²) in [5.74, 6) is 0.324. The topological polar surface area (TPSA) is 60.6 Å². The van der Waals surface area contributed by atoms with Crippen LogP contribution in [0.2, 0.25) is 0 Å². The van der Waals surface area contributed by atoms with Crippen molar-refractivity contribution in [2.24, 2.45) is 5.92 Å². The lowest BCUT2D eigenvalue weighted by molar-refractivity contribution is -0.134. The highest BCUT2D eigenvalue weighted by Gasteiger charge is 2.73. The molecule has 2 saturated heterocycles. The van der Waals surface area contributed by atoms with Crippen LogP contribution >= 0.6 is 0 Å². The van der Waals surface area contributed by atoms with Crippen molar-refractivity contribution in [1.82, 2.24) is 0 Å². The lowest BCUT2D eigenvalue weighted by Gasteiger charge is -2.36. The van der Waals surface area contributed by atoms with Crippen LogP contribution in [0.5, 0.6) is 0 Å². The molecule has 0 N–H and O–H groups in total. The van der Waals surface area contributed by atoms with Crippen molar-refractivity contribution in [1.29, 1.82) is 0 Å². The molecule has 1 aliphatic carbocycles. The number of allylic oxidation sites excluding steroid dienone is 1. The van der Waals surface area contributed by atoms with Crippen LogP contribution < -0.4 is 0 Å². The Hall–Kier alpha value is -1.17. The molecule has 0 radical (unpaired) electrons. The third-order valence-electron chi connectivity index (χ3n) is 5.04. The van der Waals surface area contributed by atoms with E-state index in [0.717, 1.165) is 6.42 Å². The molecule has 3 aliphatic rings. The van der Waals surface area contributed by atoms with Crippen molar-refractivity contribution >= 4 is 5.78 Å². The molecule has 5 nitrogen and oxygen atoms in total. The minimum absolute atomic E-state index is 0.0788. The van der Waals surface area contributed by atoms with Gasteiger partial charge in [0.1, 0.15) is 17.5 Å². The summed E-state index contributed by atoms with van der Waals surface area (Å²) in [6, 6.07) is 0. The first-order valence-corrected chi connectivity index (χ1v) is 7.67. The molecule has 0 aromatic carbocycles. The Morgan fingerprint density at radius 1 is 1.45 bits per heavy atom. The highest BCUT2D eigenvalue weighted by molar-refractivity contribution is 5.96. The molecule has 1 unspecified atom stereocenters. The van der Waals surface area contributed by atoms with Crippen molar-refractivity contribution in [3.8, 4) is 0 Å². The Morgan fingerprint density at radius 3 is 2.64 bits per heavy atom. The van der Waals surface area contributed by atoms with E-state index in [1.165, 1.54) is 11.6 Å². The van der Waals surface area contributed by atoms with E-state index in [4.69, 9.17) is 18.9 Å². The highest BCUT2D eigenvalue weighted by atomic mass is 16.6. The summed E-state index contributed by atoms with van der Waals surface area (Å²) in [5, 5.41) is 0. The zero-order chi connectivity index (χ0) is 16.1. The van der Waals surface area contributed by atoms with Gasteiger partial charge in [-0.1, -0.05) is 11.6 Å². The van der Waals surface area contributed by atoms with Gasteiger partial charge in [-0.25, -0.2) is 0 Å². The lowest BCUT2D eigenvalue weighted by atomic mass is 9.71. The maximum atomic E-state index is 12.4. The fraction of sp³-hybridized carbons (Fsp3) is 0.706. The fourth-order valence-electron chi connectivity index (χ4n) is 3.71. The predicted octanol–water partition coefficient (Wildman–Crippen LogP) is 2.01. The highest BCUT2D eigenvalue weighted by Crippen LogP contribution is 2.59. The monoisotopic (exact) mass is 308 g/mol. The van der Waals surface area contributed by atoms with E-state index in [0.29, 0.717) is 12.4 Å². The van der Waals surface area contributed by atoms with Gasteiger partial charge in [-0.05, 0) is 27.2 Å². The van der Waals surface area contributed by atoms with Gasteiger partial charge >= 0.3 is 0 Å². The number of methoxy groups -OCH3 is 2.